The van der Waals surface area contributed by atoms with Crippen LogP contribution < -0.4 is 0 Å². The molecule has 1 unspecified atom stereocenters. The molecule has 6 rings (SSSR count). The highest BCUT2D eigenvalue weighted by atomic mass is 16.2. The molecule has 462 valence electrons. The Bertz CT molecular complexity index is 2270. The first kappa shape index (κ1) is 68.2. The highest BCUT2D eigenvalue weighted by molar-refractivity contribution is 5.94. The van der Waals surface area contributed by atoms with Crippen molar-refractivity contribution in [1.82, 2.24) is 19.2 Å². The Morgan fingerprint density at radius 3 is 1.12 bits per heavy atom. The molecule has 2 aliphatic rings. The first-order valence-corrected chi connectivity index (χ1v) is 36.1. The van der Waals surface area contributed by atoms with E-state index >= 15 is 0 Å². The van der Waals surface area contributed by atoms with Gasteiger partial charge >= 0.3 is 0 Å². The van der Waals surface area contributed by atoms with Crippen LogP contribution in [0.4, 0.5) is 0 Å². The number of hydrogen-bond acceptors (Lipinski definition) is 4. The van der Waals surface area contributed by atoms with E-state index in [4.69, 9.17) is 0 Å². The Hall–Kier alpha value is -3.95. The molecule has 6 heteroatoms. The molecule has 1 atom stereocenters. The molecule has 2 aromatic heterocycles. The van der Waals surface area contributed by atoms with Gasteiger partial charge in [-0.2, -0.15) is 5.26 Å². The number of benzene rings is 2. The normalized spacial score (nSPS) is 22.3. The molecule has 0 bridgehead atoms. The van der Waals surface area contributed by atoms with Gasteiger partial charge in [0.1, 0.15) is 5.65 Å². The zero-order valence-corrected chi connectivity index (χ0v) is 53.8. The van der Waals surface area contributed by atoms with E-state index in [1.807, 2.05) is 30.5 Å². The minimum atomic E-state index is 0.185. The number of nitriles is 1. The molecule has 0 radical (unpaired) electrons. The van der Waals surface area contributed by atoms with Crippen LogP contribution in [0.25, 0.3) is 28.0 Å². The number of pyridine rings is 1. The zero-order chi connectivity index (χ0) is 57.9. The van der Waals surface area contributed by atoms with Crippen LogP contribution in [0.15, 0.2) is 73.1 Å². The summed E-state index contributed by atoms with van der Waals surface area (Å²) in [7, 11) is 2.39. The Balaban J connectivity index is 0.955. The fourth-order valence-electron chi connectivity index (χ4n) is 14.2. The molecule has 0 N–H and O–H groups in total. The smallest absolute Gasteiger partial charge is 0.253 e. The molecule has 2 saturated heterocycles. The molecule has 4 heterocycles. The SMILES string of the molecule is CN1CCCCC12CCCCCCCCCCCCCCCCCCCCCCCCCCCCCCCCCCCCCCCCCCCCCCCCN(C(=O)c1ccc(-c3ccc4ncc(-c5ccc(C#N)cc5)n4c3)cc1)CC2. The summed E-state index contributed by atoms with van der Waals surface area (Å²) in [5.74, 6) is 0.188. The molecule has 2 aliphatic heterocycles. The van der Waals surface area contributed by atoms with Crippen LogP contribution in [0.1, 0.15) is 343 Å². The van der Waals surface area contributed by atoms with Crippen molar-refractivity contribution in [3.63, 3.8) is 0 Å². The number of amides is 1. The third-order valence-electron chi connectivity index (χ3n) is 19.9. The minimum Gasteiger partial charge on any atom is -0.339 e. The number of imidazole rings is 1. The summed E-state index contributed by atoms with van der Waals surface area (Å²) in [6.07, 6.45) is 75.7. The van der Waals surface area contributed by atoms with Gasteiger partial charge in [0.25, 0.3) is 5.91 Å². The molecular formula is C77H123N5O. The van der Waals surface area contributed by atoms with Crippen molar-refractivity contribution in [3.8, 4) is 28.5 Å². The van der Waals surface area contributed by atoms with E-state index in [-0.39, 0.29) is 11.4 Å². The van der Waals surface area contributed by atoms with Crippen LogP contribution in [-0.4, -0.2) is 57.3 Å². The number of fused-ring (bicyclic) bond motifs is 1. The van der Waals surface area contributed by atoms with Gasteiger partial charge in [0.15, 0.2) is 0 Å². The van der Waals surface area contributed by atoms with Crippen molar-refractivity contribution in [2.75, 3.05) is 26.7 Å². The molecule has 4 aromatic rings. The van der Waals surface area contributed by atoms with E-state index in [2.05, 4.69) is 74.9 Å². The van der Waals surface area contributed by atoms with Gasteiger partial charge < -0.3 is 9.80 Å². The Morgan fingerprint density at radius 2 is 0.723 bits per heavy atom. The van der Waals surface area contributed by atoms with Gasteiger partial charge in [0, 0.05) is 36.0 Å². The number of piperidine rings is 1. The van der Waals surface area contributed by atoms with Crippen molar-refractivity contribution in [1.29, 1.82) is 5.26 Å². The fraction of sp³-hybridized carbons (Fsp3) is 0.727. The van der Waals surface area contributed by atoms with Crippen molar-refractivity contribution >= 4 is 11.6 Å². The van der Waals surface area contributed by atoms with Gasteiger partial charge in [-0.1, -0.05) is 320 Å². The number of carbonyl (C=O) groups is 1. The average molecular weight is 1130 g/mol. The van der Waals surface area contributed by atoms with Crippen molar-refractivity contribution in [2.24, 2.45) is 0 Å². The number of hydrogen-bond donors (Lipinski definition) is 0. The van der Waals surface area contributed by atoms with E-state index in [9.17, 15) is 10.1 Å². The lowest BCUT2D eigenvalue weighted by atomic mass is 9.79. The predicted octanol–water partition coefficient (Wildman–Crippen LogP) is 23.6. The summed E-state index contributed by atoms with van der Waals surface area (Å²) in [5.41, 5.74) is 6.68. The highest BCUT2D eigenvalue weighted by Gasteiger charge is 2.36. The third-order valence-corrected chi connectivity index (χ3v) is 19.9. The van der Waals surface area contributed by atoms with Crippen molar-refractivity contribution in [3.05, 3.63) is 84.2 Å². The highest BCUT2D eigenvalue weighted by Crippen LogP contribution is 2.36. The maximum atomic E-state index is 14.7. The molecule has 1 spiro atoms. The molecule has 0 aliphatic carbocycles. The van der Waals surface area contributed by atoms with Crippen LogP contribution in [-0.2, 0) is 0 Å². The maximum absolute atomic E-state index is 14.7. The molecule has 1 amide bonds. The number of rotatable bonds is 3. The van der Waals surface area contributed by atoms with E-state index in [1.54, 1.807) is 0 Å². The van der Waals surface area contributed by atoms with Gasteiger partial charge in [-0.05, 0) is 93.2 Å². The summed E-state index contributed by atoms with van der Waals surface area (Å²) in [6, 6.07) is 22.5. The summed E-state index contributed by atoms with van der Waals surface area (Å²) in [5, 5.41) is 9.35. The van der Waals surface area contributed by atoms with E-state index < -0.39 is 0 Å². The Kier molecular flexibility index (Phi) is 35.8. The van der Waals surface area contributed by atoms with Gasteiger partial charge in [-0.25, -0.2) is 4.98 Å². The quantitative estimate of drug-likeness (QED) is 0.205. The van der Waals surface area contributed by atoms with Crippen molar-refractivity contribution in [2.45, 2.75) is 333 Å². The van der Waals surface area contributed by atoms with Crippen molar-refractivity contribution < 1.29 is 4.79 Å². The zero-order valence-electron chi connectivity index (χ0n) is 53.8. The summed E-state index contributed by atoms with van der Waals surface area (Å²) in [4.78, 5) is 24.4. The van der Waals surface area contributed by atoms with E-state index in [0.29, 0.717) is 5.56 Å². The summed E-state index contributed by atoms with van der Waals surface area (Å²) in [6.45, 7) is 2.85. The van der Waals surface area contributed by atoms with Crippen LogP contribution in [0.3, 0.4) is 0 Å². The molecule has 6 nitrogen and oxygen atoms in total. The number of aromatic nitrogens is 2. The lowest BCUT2D eigenvalue weighted by Gasteiger charge is -2.47. The largest absolute Gasteiger partial charge is 0.339 e. The van der Waals surface area contributed by atoms with Gasteiger partial charge in [-0.3, -0.25) is 9.20 Å². The van der Waals surface area contributed by atoms with E-state index in [1.165, 1.54) is 321 Å². The second-order valence-corrected chi connectivity index (χ2v) is 26.7. The first-order chi connectivity index (χ1) is 41.1. The predicted molar refractivity (Wildman–Crippen MR) is 358 cm³/mol. The number of nitrogens with zero attached hydrogens (tertiary/aromatic N) is 5. The van der Waals surface area contributed by atoms with Gasteiger partial charge in [-0.15, -0.1) is 0 Å². The van der Waals surface area contributed by atoms with Gasteiger partial charge in [0.2, 0.25) is 0 Å². The molecular weight excluding hydrogens is 1010 g/mol. The van der Waals surface area contributed by atoms with Gasteiger partial charge in [0.05, 0.1) is 23.5 Å². The summed E-state index contributed by atoms with van der Waals surface area (Å²) >= 11 is 0. The average Bonchev–Trinajstić information content (AvgIpc) is 4.16. The van der Waals surface area contributed by atoms with Crippen LogP contribution in [0.5, 0.6) is 0 Å². The van der Waals surface area contributed by atoms with Crippen LogP contribution >= 0.6 is 0 Å². The lowest BCUT2D eigenvalue weighted by Crippen LogP contribution is -2.51. The second-order valence-electron chi connectivity index (χ2n) is 26.7. The number of likely N-dealkylation sites (tertiary alicyclic amines) is 1. The second kappa shape index (κ2) is 43.6. The Morgan fingerprint density at radius 1 is 0.386 bits per heavy atom. The topological polar surface area (TPSA) is 64.6 Å². The minimum absolute atomic E-state index is 0.185. The Labute approximate surface area is 510 Å². The standard InChI is InChI=1S/C77H123N5O/c1-80-63-49-47-61-77(80)60-46-44-42-40-38-36-34-32-30-28-26-24-22-20-18-16-14-12-10-8-6-4-2-3-5-7-9-11-13-15-17-19-21-23-25-27-29-31-33-35-37-39-41-43-45-48-64-81(65-62-77)76(83)72-56-54-70(55-57-72)73-58-59-75-79-67-74(82(75)68-73)71-52-50-69(66-78)51-53-71/h50-59,67-68H,2-49,60-65H2,1H3. The van der Waals surface area contributed by atoms with Crippen LogP contribution in [0, 0.1) is 11.3 Å². The number of carbonyl (C=O) groups excluding carboxylic acids is 1. The van der Waals surface area contributed by atoms with E-state index in [0.717, 1.165) is 59.5 Å². The monoisotopic (exact) mass is 1130 g/mol. The third kappa shape index (κ3) is 27.5. The maximum Gasteiger partial charge on any atom is 0.253 e. The van der Waals surface area contributed by atoms with Crippen LogP contribution in [0.2, 0.25) is 0 Å². The first-order valence-electron chi connectivity index (χ1n) is 36.1. The summed E-state index contributed by atoms with van der Waals surface area (Å²) < 4.78 is 2.13. The molecule has 83 heavy (non-hydrogen) atoms. The molecule has 0 saturated carbocycles. The lowest BCUT2D eigenvalue weighted by molar-refractivity contribution is 0.0396. The molecule has 2 aromatic carbocycles. The molecule has 2 fully saturated rings. The fourth-order valence-corrected chi connectivity index (χ4v) is 14.2.